The van der Waals surface area contributed by atoms with Crippen LogP contribution in [0.15, 0.2) is 18.2 Å². The topological polar surface area (TPSA) is 49.4 Å². The normalized spacial score (nSPS) is 23.9. The zero-order valence-corrected chi connectivity index (χ0v) is 11.5. The van der Waals surface area contributed by atoms with Crippen LogP contribution in [0.5, 0.6) is 0 Å². The van der Waals surface area contributed by atoms with E-state index in [1.165, 1.54) is 6.92 Å². The number of carbonyl (C=O) groups excluding carboxylic acids is 2. The highest BCUT2D eigenvalue weighted by Crippen LogP contribution is 2.31. The summed E-state index contributed by atoms with van der Waals surface area (Å²) in [6.45, 7) is 5.04. The van der Waals surface area contributed by atoms with Gasteiger partial charge < -0.3 is 5.32 Å². The maximum absolute atomic E-state index is 13.3. The standard InChI is InChI=1S/C14H16F2N2O2/c1-4-8(2)18-12(19)14(3,17-13(18)20)9-5-10(15)7-11(16)6-9/h5-8H,4H2,1-3H3,(H,17,20). The maximum Gasteiger partial charge on any atom is 0.325 e. The van der Waals surface area contributed by atoms with Crippen LogP contribution in [0.3, 0.4) is 0 Å². The van der Waals surface area contributed by atoms with E-state index in [1.807, 2.05) is 6.92 Å². The van der Waals surface area contributed by atoms with E-state index in [0.717, 1.165) is 23.1 Å². The second-order valence-corrected chi connectivity index (χ2v) is 5.15. The summed E-state index contributed by atoms with van der Waals surface area (Å²) in [5, 5.41) is 2.52. The summed E-state index contributed by atoms with van der Waals surface area (Å²) in [7, 11) is 0. The highest BCUT2D eigenvalue weighted by atomic mass is 19.1. The molecule has 0 aromatic heterocycles. The van der Waals surface area contributed by atoms with Gasteiger partial charge in [-0.05, 0) is 38.0 Å². The Hall–Kier alpha value is -1.98. The second kappa shape index (κ2) is 4.85. The Morgan fingerprint density at radius 3 is 2.30 bits per heavy atom. The van der Waals surface area contributed by atoms with Gasteiger partial charge in [-0.3, -0.25) is 9.69 Å². The first-order chi connectivity index (χ1) is 9.29. The van der Waals surface area contributed by atoms with Crippen LogP contribution in [0, 0.1) is 11.6 Å². The van der Waals surface area contributed by atoms with Crippen molar-refractivity contribution in [1.82, 2.24) is 10.2 Å². The molecule has 1 fully saturated rings. The number of imide groups is 1. The molecule has 6 heteroatoms. The van der Waals surface area contributed by atoms with Gasteiger partial charge in [0.05, 0.1) is 0 Å². The Morgan fingerprint density at radius 1 is 1.25 bits per heavy atom. The summed E-state index contributed by atoms with van der Waals surface area (Å²) in [4.78, 5) is 25.5. The van der Waals surface area contributed by atoms with Gasteiger partial charge in [-0.25, -0.2) is 13.6 Å². The number of urea groups is 1. The SMILES string of the molecule is CCC(C)N1C(=O)NC(C)(c2cc(F)cc(F)c2)C1=O. The van der Waals surface area contributed by atoms with Crippen LogP contribution in [0.2, 0.25) is 0 Å². The van der Waals surface area contributed by atoms with Gasteiger partial charge in [0.15, 0.2) is 0 Å². The van der Waals surface area contributed by atoms with Crippen molar-refractivity contribution in [2.45, 2.75) is 38.8 Å². The monoisotopic (exact) mass is 282 g/mol. The van der Waals surface area contributed by atoms with E-state index < -0.39 is 29.1 Å². The predicted octanol–water partition coefficient (Wildman–Crippen LogP) is 2.53. The van der Waals surface area contributed by atoms with Gasteiger partial charge in [0.1, 0.15) is 17.2 Å². The molecule has 1 aliphatic heterocycles. The molecule has 1 N–H and O–H groups in total. The van der Waals surface area contributed by atoms with Crippen molar-refractivity contribution in [2.75, 3.05) is 0 Å². The molecular formula is C14H16F2N2O2. The van der Waals surface area contributed by atoms with E-state index in [1.54, 1.807) is 6.92 Å². The molecule has 1 aromatic carbocycles. The number of halogens is 2. The van der Waals surface area contributed by atoms with Crippen molar-refractivity contribution in [3.8, 4) is 0 Å². The maximum atomic E-state index is 13.3. The summed E-state index contributed by atoms with van der Waals surface area (Å²) in [6.07, 6.45) is 0.604. The molecule has 0 radical (unpaired) electrons. The molecule has 0 aliphatic carbocycles. The molecular weight excluding hydrogens is 266 g/mol. The van der Waals surface area contributed by atoms with E-state index in [2.05, 4.69) is 5.32 Å². The highest BCUT2D eigenvalue weighted by Gasteiger charge is 2.50. The molecule has 1 aromatic rings. The molecule has 4 nitrogen and oxygen atoms in total. The zero-order chi connectivity index (χ0) is 15.1. The Bertz CT molecular complexity index is 556. The van der Waals surface area contributed by atoms with E-state index in [0.29, 0.717) is 6.42 Å². The van der Waals surface area contributed by atoms with Gasteiger partial charge in [-0.15, -0.1) is 0 Å². The molecule has 2 atom stereocenters. The van der Waals surface area contributed by atoms with Crippen LogP contribution >= 0.6 is 0 Å². The molecule has 3 amide bonds. The second-order valence-electron chi connectivity index (χ2n) is 5.15. The minimum Gasteiger partial charge on any atom is -0.319 e. The average Bonchev–Trinajstić information content (AvgIpc) is 2.59. The fourth-order valence-corrected chi connectivity index (χ4v) is 2.28. The lowest BCUT2D eigenvalue weighted by Crippen LogP contribution is -2.42. The number of rotatable bonds is 3. The largest absolute Gasteiger partial charge is 0.325 e. The van der Waals surface area contributed by atoms with Gasteiger partial charge in [0.25, 0.3) is 5.91 Å². The number of nitrogens with one attached hydrogen (secondary N) is 1. The van der Waals surface area contributed by atoms with Crippen LogP contribution in [0.4, 0.5) is 13.6 Å². The molecule has 20 heavy (non-hydrogen) atoms. The number of nitrogens with zero attached hydrogens (tertiary/aromatic N) is 1. The Labute approximate surface area is 115 Å². The minimum atomic E-state index is -1.44. The molecule has 1 aliphatic rings. The molecule has 1 heterocycles. The first-order valence-electron chi connectivity index (χ1n) is 6.42. The fraction of sp³-hybridized carbons (Fsp3) is 0.429. The Kier molecular flexibility index (Phi) is 3.50. The lowest BCUT2D eigenvalue weighted by Gasteiger charge is -2.24. The minimum absolute atomic E-state index is 0.0964. The third-order valence-electron chi connectivity index (χ3n) is 3.69. The van der Waals surface area contributed by atoms with E-state index >= 15 is 0 Å². The Morgan fingerprint density at radius 2 is 1.80 bits per heavy atom. The van der Waals surface area contributed by atoms with Gasteiger partial charge in [-0.2, -0.15) is 0 Å². The molecule has 1 saturated heterocycles. The third-order valence-corrected chi connectivity index (χ3v) is 3.69. The van der Waals surface area contributed by atoms with Crippen molar-refractivity contribution in [3.63, 3.8) is 0 Å². The number of benzene rings is 1. The number of amides is 3. The van der Waals surface area contributed by atoms with Crippen molar-refractivity contribution < 1.29 is 18.4 Å². The lowest BCUT2D eigenvalue weighted by molar-refractivity contribution is -0.132. The molecule has 2 rings (SSSR count). The van der Waals surface area contributed by atoms with E-state index in [4.69, 9.17) is 0 Å². The van der Waals surface area contributed by atoms with Gasteiger partial charge in [-0.1, -0.05) is 6.92 Å². The number of hydrogen-bond acceptors (Lipinski definition) is 2. The fourth-order valence-electron chi connectivity index (χ4n) is 2.28. The summed E-state index contributed by atoms with van der Waals surface area (Å²) in [5.41, 5.74) is -1.34. The van der Waals surface area contributed by atoms with Gasteiger partial charge in [0.2, 0.25) is 0 Å². The predicted molar refractivity (Wildman–Crippen MR) is 68.8 cm³/mol. The quantitative estimate of drug-likeness (QED) is 0.866. The van der Waals surface area contributed by atoms with Gasteiger partial charge in [0, 0.05) is 12.1 Å². The van der Waals surface area contributed by atoms with Crippen LogP contribution in [0.25, 0.3) is 0 Å². The van der Waals surface area contributed by atoms with Crippen molar-refractivity contribution in [3.05, 3.63) is 35.4 Å². The highest BCUT2D eigenvalue weighted by molar-refractivity contribution is 6.07. The summed E-state index contributed by atoms with van der Waals surface area (Å²) >= 11 is 0. The van der Waals surface area contributed by atoms with Gasteiger partial charge >= 0.3 is 6.03 Å². The summed E-state index contributed by atoms with van der Waals surface area (Å²) in [5.74, 6) is -2.07. The van der Waals surface area contributed by atoms with E-state index in [9.17, 15) is 18.4 Å². The Balaban J connectivity index is 2.46. The molecule has 0 bridgehead atoms. The lowest BCUT2D eigenvalue weighted by atomic mass is 9.91. The number of carbonyl (C=O) groups is 2. The van der Waals surface area contributed by atoms with Crippen LogP contribution in [-0.4, -0.2) is 22.9 Å². The molecule has 108 valence electrons. The van der Waals surface area contributed by atoms with Crippen LogP contribution in [0.1, 0.15) is 32.8 Å². The first kappa shape index (κ1) is 14.4. The molecule has 0 saturated carbocycles. The van der Waals surface area contributed by atoms with Crippen LogP contribution < -0.4 is 5.32 Å². The molecule has 0 spiro atoms. The smallest absolute Gasteiger partial charge is 0.319 e. The third kappa shape index (κ3) is 2.15. The molecule has 2 unspecified atom stereocenters. The average molecular weight is 282 g/mol. The van der Waals surface area contributed by atoms with Crippen molar-refractivity contribution in [2.24, 2.45) is 0 Å². The van der Waals surface area contributed by atoms with Crippen LogP contribution in [-0.2, 0) is 10.3 Å². The number of hydrogen-bond donors (Lipinski definition) is 1. The zero-order valence-electron chi connectivity index (χ0n) is 11.5. The van der Waals surface area contributed by atoms with E-state index in [-0.39, 0.29) is 11.6 Å². The summed E-state index contributed by atoms with van der Waals surface area (Å²) < 4.78 is 26.6. The first-order valence-corrected chi connectivity index (χ1v) is 6.42. The van der Waals surface area contributed by atoms with Crippen molar-refractivity contribution >= 4 is 11.9 Å². The van der Waals surface area contributed by atoms with Crippen molar-refractivity contribution in [1.29, 1.82) is 0 Å². The summed E-state index contributed by atoms with van der Waals surface area (Å²) in [6, 6.07) is 2.02.